The Hall–Kier alpha value is -2.64. The van der Waals surface area contributed by atoms with Gasteiger partial charge in [0.15, 0.2) is 12.4 Å². The molecule has 2 aromatic heterocycles. The second kappa shape index (κ2) is 8.62. The first-order valence-corrected chi connectivity index (χ1v) is 11.0. The van der Waals surface area contributed by atoms with Gasteiger partial charge >= 0.3 is 5.97 Å². The molecule has 0 saturated carbocycles. The number of carboxylic acid groups (broad SMARTS) is 1. The highest BCUT2D eigenvalue weighted by atomic mass is 32.2. The normalized spacial score (nSPS) is 20.7. The third-order valence-corrected chi connectivity index (χ3v) is 7.13. The minimum Gasteiger partial charge on any atom is -0.477 e. The van der Waals surface area contributed by atoms with Crippen LogP contribution < -0.4 is 9.88 Å². The minimum atomic E-state index is -1.10. The number of hydrogen-bond donors (Lipinski definition) is 2. The third-order valence-electron chi connectivity index (χ3n) is 4.70. The smallest absolute Gasteiger partial charge is 0.352 e. The molecule has 0 aromatic carbocycles. The molecule has 11 nitrogen and oxygen atoms in total. The number of nitrogens with zero attached hydrogens (tertiary/aromatic N) is 6. The number of anilines is 1. The Labute approximate surface area is 180 Å². The quantitative estimate of drug-likeness (QED) is 0.320. The summed E-state index contributed by atoms with van der Waals surface area (Å²) in [6.07, 6.45) is 3.69. The SMILES string of the molecule is COC[n+]1ccc(N[C@@H]2C(=O)N3C(C(=O)O)=C(CSc4nnnn4C)CSC23)cc1. The second-order valence-corrected chi connectivity index (χ2v) is 8.73. The number of thioether (sulfide) groups is 2. The molecule has 2 aliphatic heterocycles. The molecule has 1 unspecified atom stereocenters. The molecule has 13 heteroatoms. The Morgan fingerprint density at radius 2 is 2.23 bits per heavy atom. The van der Waals surface area contributed by atoms with Crippen LogP contribution in [0, 0.1) is 0 Å². The maximum absolute atomic E-state index is 12.8. The van der Waals surface area contributed by atoms with Crippen LogP contribution in [0.3, 0.4) is 0 Å². The molecule has 1 fully saturated rings. The van der Waals surface area contributed by atoms with Crippen molar-refractivity contribution in [3.63, 3.8) is 0 Å². The number of carboxylic acids is 1. The summed E-state index contributed by atoms with van der Waals surface area (Å²) < 4.78 is 8.45. The van der Waals surface area contributed by atoms with Gasteiger partial charge in [-0.3, -0.25) is 9.69 Å². The summed E-state index contributed by atoms with van der Waals surface area (Å²) in [5, 5.41) is 24.5. The molecule has 4 heterocycles. The van der Waals surface area contributed by atoms with Crippen molar-refractivity contribution in [1.29, 1.82) is 0 Å². The van der Waals surface area contributed by atoms with Gasteiger partial charge in [-0.2, -0.15) is 4.57 Å². The summed E-state index contributed by atoms with van der Waals surface area (Å²) in [5.41, 5.74) is 1.54. The van der Waals surface area contributed by atoms with Crippen molar-refractivity contribution < 1.29 is 24.0 Å². The first kappa shape index (κ1) is 20.6. The Morgan fingerprint density at radius 1 is 1.47 bits per heavy atom. The lowest BCUT2D eigenvalue weighted by atomic mass is 10.0. The number of ether oxygens (including phenoxy) is 1. The molecule has 1 amide bonds. The van der Waals surface area contributed by atoms with Gasteiger partial charge in [0.1, 0.15) is 17.1 Å². The predicted molar refractivity (Wildman–Crippen MR) is 108 cm³/mol. The number of nitrogens with one attached hydrogen (secondary N) is 1. The number of aliphatic carboxylic acids is 1. The van der Waals surface area contributed by atoms with Crippen molar-refractivity contribution in [2.75, 3.05) is 23.9 Å². The third kappa shape index (κ3) is 3.87. The van der Waals surface area contributed by atoms with E-state index in [-0.39, 0.29) is 17.0 Å². The summed E-state index contributed by atoms with van der Waals surface area (Å²) in [7, 11) is 3.33. The lowest BCUT2D eigenvalue weighted by Crippen LogP contribution is -2.67. The van der Waals surface area contributed by atoms with Crippen LogP contribution >= 0.6 is 23.5 Å². The molecular formula is C17H20N7O4S2+. The number of methoxy groups -OCH3 is 1. The number of β-lactam (4-membered cyclic amide) rings is 1. The number of carbonyl (C=O) groups is 2. The Morgan fingerprint density at radius 3 is 2.87 bits per heavy atom. The zero-order chi connectivity index (χ0) is 21.3. The highest BCUT2D eigenvalue weighted by Gasteiger charge is 2.53. The van der Waals surface area contributed by atoms with Gasteiger partial charge in [-0.05, 0) is 16.0 Å². The molecule has 2 N–H and O–H groups in total. The molecule has 0 aliphatic carbocycles. The van der Waals surface area contributed by atoms with Crippen molar-refractivity contribution in [2.45, 2.75) is 23.3 Å². The summed E-state index contributed by atoms with van der Waals surface area (Å²) in [5.74, 6) is -0.426. The first-order chi connectivity index (χ1) is 14.5. The molecule has 1 saturated heterocycles. The molecule has 2 aliphatic rings. The maximum atomic E-state index is 12.8. The fourth-order valence-corrected chi connectivity index (χ4v) is 5.59. The lowest BCUT2D eigenvalue weighted by molar-refractivity contribution is -0.731. The molecule has 4 rings (SSSR count). The van der Waals surface area contributed by atoms with Crippen LogP contribution in [0.25, 0.3) is 0 Å². The van der Waals surface area contributed by atoms with E-state index in [9.17, 15) is 14.7 Å². The average molecular weight is 451 g/mol. The fraction of sp³-hybridized carbons (Fsp3) is 0.412. The Balaban J connectivity index is 1.47. The van der Waals surface area contributed by atoms with E-state index in [1.807, 2.05) is 29.1 Å². The zero-order valence-electron chi connectivity index (χ0n) is 16.3. The predicted octanol–water partition coefficient (Wildman–Crippen LogP) is -0.0719. The van der Waals surface area contributed by atoms with Crippen molar-refractivity contribution >= 4 is 41.1 Å². The zero-order valence-corrected chi connectivity index (χ0v) is 17.9. The Bertz CT molecular complexity index is 994. The van der Waals surface area contributed by atoms with Crippen molar-refractivity contribution in [2.24, 2.45) is 7.05 Å². The number of amides is 1. The van der Waals surface area contributed by atoms with E-state index < -0.39 is 12.0 Å². The summed E-state index contributed by atoms with van der Waals surface area (Å²) in [6, 6.07) is 3.24. The molecule has 30 heavy (non-hydrogen) atoms. The van der Waals surface area contributed by atoms with Crippen LogP contribution in [0.1, 0.15) is 0 Å². The number of pyridine rings is 1. The van der Waals surface area contributed by atoms with E-state index in [4.69, 9.17) is 4.74 Å². The summed E-state index contributed by atoms with van der Waals surface area (Å²) >= 11 is 2.90. The number of hydrogen-bond acceptors (Lipinski definition) is 9. The van der Waals surface area contributed by atoms with Crippen molar-refractivity contribution in [3.8, 4) is 0 Å². The van der Waals surface area contributed by atoms with Crippen LogP contribution in [0.15, 0.2) is 41.0 Å². The van der Waals surface area contributed by atoms with Gasteiger partial charge in [-0.25, -0.2) is 9.48 Å². The van der Waals surface area contributed by atoms with Gasteiger partial charge in [0, 0.05) is 43.5 Å². The van der Waals surface area contributed by atoms with E-state index in [1.165, 1.54) is 21.3 Å². The van der Waals surface area contributed by atoms with Crippen LogP contribution in [-0.4, -0.2) is 72.1 Å². The number of aromatic nitrogens is 5. The van der Waals surface area contributed by atoms with Crippen LogP contribution in [0.4, 0.5) is 5.69 Å². The van der Waals surface area contributed by atoms with E-state index in [2.05, 4.69) is 20.8 Å². The molecule has 0 bridgehead atoms. The van der Waals surface area contributed by atoms with E-state index in [0.717, 1.165) is 5.69 Å². The number of aryl methyl sites for hydroxylation is 1. The van der Waals surface area contributed by atoms with Crippen LogP contribution in [-0.2, 0) is 28.1 Å². The first-order valence-electron chi connectivity index (χ1n) is 8.99. The monoisotopic (exact) mass is 450 g/mol. The van der Waals surface area contributed by atoms with Crippen molar-refractivity contribution in [3.05, 3.63) is 35.8 Å². The number of fused-ring (bicyclic) bond motifs is 1. The number of carbonyl (C=O) groups excluding carboxylic acids is 1. The molecule has 0 radical (unpaired) electrons. The molecule has 158 valence electrons. The average Bonchev–Trinajstić information content (AvgIpc) is 3.15. The molecular weight excluding hydrogens is 430 g/mol. The maximum Gasteiger partial charge on any atom is 0.352 e. The topological polar surface area (TPSA) is 126 Å². The highest BCUT2D eigenvalue weighted by Crippen LogP contribution is 2.42. The largest absolute Gasteiger partial charge is 0.477 e. The number of tetrazole rings is 1. The van der Waals surface area contributed by atoms with Gasteiger partial charge in [0.05, 0.1) is 0 Å². The van der Waals surface area contributed by atoms with Gasteiger partial charge in [-0.15, -0.1) is 16.9 Å². The van der Waals surface area contributed by atoms with Crippen molar-refractivity contribution in [1.82, 2.24) is 25.1 Å². The molecule has 0 spiro atoms. The highest BCUT2D eigenvalue weighted by molar-refractivity contribution is 8.01. The minimum absolute atomic E-state index is 0.0652. The fourth-order valence-electron chi connectivity index (χ4n) is 3.26. The van der Waals surface area contributed by atoms with Gasteiger partial charge in [-0.1, -0.05) is 11.8 Å². The van der Waals surface area contributed by atoms with Gasteiger partial charge in [0.25, 0.3) is 12.6 Å². The summed E-state index contributed by atoms with van der Waals surface area (Å²) in [6.45, 7) is 0.437. The van der Waals surface area contributed by atoms with E-state index in [1.54, 1.807) is 25.9 Å². The summed E-state index contributed by atoms with van der Waals surface area (Å²) in [4.78, 5) is 26.1. The standard InChI is InChI=1S/C17H19N7O4S2/c1-22-17(19-20-21-22)30-8-10-7-29-15-12(14(25)24(15)13(10)16(26)27)18-11-3-5-23(6-4-11)9-28-2/h3-6,12,15H,7-9H2,1-2H3,(H,26,27)/p+1/t12-,15?/m1/s1. The molecule has 2 atom stereocenters. The lowest BCUT2D eigenvalue weighted by Gasteiger charge is -2.49. The van der Waals surface area contributed by atoms with Gasteiger partial charge < -0.3 is 15.2 Å². The second-order valence-electron chi connectivity index (χ2n) is 6.68. The van der Waals surface area contributed by atoms with Crippen LogP contribution in [0.5, 0.6) is 0 Å². The Kier molecular flexibility index (Phi) is 5.92. The van der Waals surface area contributed by atoms with Crippen LogP contribution in [0.2, 0.25) is 0 Å². The number of rotatable bonds is 8. The van der Waals surface area contributed by atoms with Gasteiger partial charge in [0.2, 0.25) is 5.16 Å². The van der Waals surface area contributed by atoms with E-state index >= 15 is 0 Å². The van der Waals surface area contributed by atoms with E-state index in [0.29, 0.717) is 29.0 Å². The molecule has 2 aromatic rings.